The molecule has 4 rings (SSSR count). The van der Waals surface area contributed by atoms with Crippen molar-refractivity contribution in [2.75, 3.05) is 5.73 Å². The van der Waals surface area contributed by atoms with Gasteiger partial charge in [-0.1, -0.05) is 40.2 Å². The Morgan fingerprint density at radius 2 is 1.76 bits per heavy atom. The zero-order valence-corrected chi connectivity index (χ0v) is 13.2. The van der Waals surface area contributed by atoms with E-state index in [1.54, 1.807) is 0 Å². The third-order valence-corrected chi connectivity index (χ3v) is 4.98. The van der Waals surface area contributed by atoms with Crippen LogP contribution in [-0.2, 0) is 12.8 Å². The summed E-state index contributed by atoms with van der Waals surface area (Å²) >= 11 is 3.63. The Balaban J connectivity index is 2.02. The molecule has 21 heavy (non-hydrogen) atoms. The highest BCUT2D eigenvalue weighted by Crippen LogP contribution is 2.33. The number of anilines is 1. The lowest BCUT2D eigenvalue weighted by Gasteiger charge is -2.15. The number of aromatic nitrogens is 2. The average Bonchev–Trinajstić information content (AvgIpc) is 2.86. The van der Waals surface area contributed by atoms with E-state index in [9.17, 15) is 0 Å². The SMILES string of the molecule is Nc1nn(-c2ccc(Br)c3ccccc23)c2c1CCCC2. The normalized spacial score (nSPS) is 14.3. The highest BCUT2D eigenvalue weighted by molar-refractivity contribution is 9.10. The Bertz CT molecular complexity index is 835. The predicted octanol–water partition coefficient (Wildman–Crippen LogP) is 4.25. The highest BCUT2D eigenvalue weighted by Gasteiger charge is 2.21. The van der Waals surface area contributed by atoms with Gasteiger partial charge >= 0.3 is 0 Å². The topological polar surface area (TPSA) is 43.8 Å². The molecule has 3 nitrogen and oxygen atoms in total. The van der Waals surface area contributed by atoms with Crippen LogP contribution in [0.25, 0.3) is 16.5 Å². The Hall–Kier alpha value is -1.81. The zero-order chi connectivity index (χ0) is 14.4. The molecule has 0 saturated heterocycles. The van der Waals surface area contributed by atoms with E-state index in [0.29, 0.717) is 5.82 Å². The molecule has 0 bridgehead atoms. The third kappa shape index (κ3) is 1.97. The van der Waals surface area contributed by atoms with Gasteiger partial charge < -0.3 is 5.73 Å². The summed E-state index contributed by atoms with van der Waals surface area (Å²) in [5, 5.41) is 7.02. The second-order valence-electron chi connectivity index (χ2n) is 5.54. The van der Waals surface area contributed by atoms with E-state index in [1.165, 1.54) is 34.9 Å². The molecule has 4 heteroatoms. The predicted molar refractivity (Wildman–Crippen MR) is 89.8 cm³/mol. The minimum atomic E-state index is 0.691. The summed E-state index contributed by atoms with van der Waals surface area (Å²) < 4.78 is 3.16. The van der Waals surface area contributed by atoms with Crippen LogP contribution >= 0.6 is 15.9 Å². The van der Waals surface area contributed by atoms with E-state index >= 15 is 0 Å². The molecule has 1 aromatic heterocycles. The van der Waals surface area contributed by atoms with Gasteiger partial charge in [-0.3, -0.25) is 0 Å². The lowest BCUT2D eigenvalue weighted by molar-refractivity contribution is 0.654. The van der Waals surface area contributed by atoms with Crippen molar-refractivity contribution in [2.24, 2.45) is 0 Å². The fraction of sp³-hybridized carbons (Fsp3) is 0.235. The van der Waals surface area contributed by atoms with E-state index in [0.717, 1.165) is 23.0 Å². The zero-order valence-electron chi connectivity index (χ0n) is 11.6. The summed E-state index contributed by atoms with van der Waals surface area (Å²) in [5.41, 5.74) is 9.77. The first-order chi connectivity index (χ1) is 10.3. The highest BCUT2D eigenvalue weighted by atomic mass is 79.9. The van der Waals surface area contributed by atoms with Crippen LogP contribution in [0.4, 0.5) is 5.82 Å². The monoisotopic (exact) mass is 341 g/mol. The quantitative estimate of drug-likeness (QED) is 0.719. The Labute approximate surface area is 131 Å². The molecule has 0 radical (unpaired) electrons. The summed E-state index contributed by atoms with van der Waals surface area (Å²) in [6, 6.07) is 12.6. The van der Waals surface area contributed by atoms with Crippen LogP contribution in [0.15, 0.2) is 40.9 Å². The number of halogens is 1. The Kier molecular flexibility index (Phi) is 3.00. The molecule has 0 atom stereocenters. The van der Waals surface area contributed by atoms with Crippen LogP contribution in [0.5, 0.6) is 0 Å². The molecule has 106 valence electrons. The number of hydrogen-bond acceptors (Lipinski definition) is 2. The number of hydrogen-bond donors (Lipinski definition) is 1. The van der Waals surface area contributed by atoms with Gasteiger partial charge in [0.25, 0.3) is 0 Å². The van der Waals surface area contributed by atoms with E-state index in [4.69, 9.17) is 5.73 Å². The lowest BCUT2D eigenvalue weighted by atomic mass is 9.97. The molecule has 0 amide bonds. The van der Waals surface area contributed by atoms with Gasteiger partial charge in [0, 0.05) is 21.1 Å². The molecule has 0 aliphatic heterocycles. The molecular weight excluding hydrogens is 326 g/mol. The molecule has 0 saturated carbocycles. The molecule has 2 aromatic carbocycles. The van der Waals surface area contributed by atoms with Crippen molar-refractivity contribution in [3.63, 3.8) is 0 Å². The minimum absolute atomic E-state index is 0.691. The first-order valence-electron chi connectivity index (χ1n) is 7.29. The van der Waals surface area contributed by atoms with Gasteiger partial charge in [0.2, 0.25) is 0 Å². The standard InChI is InChI=1S/C17H16BrN3/c18-14-9-10-16(12-6-2-1-5-11(12)14)21-15-8-4-3-7-13(15)17(19)20-21/h1-2,5-6,9-10H,3-4,7-8H2,(H2,19,20). The maximum atomic E-state index is 6.13. The van der Waals surface area contributed by atoms with Crippen molar-refractivity contribution in [1.29, 1.82) is 0 Å². The van der Waals surface area contributed by atoms with Gasteiger partial charge in [-0.05, 0) is 43.2 Å². The third-order valence-electron chi connectivity index (χ3n) is 4.29. The Morgan fingerprint density at radius 1 is 1.00 bits per heavy atom. The van der Waals surface area contributed by atoms with Gasteiger partial charge in [0.15, 0.2) is 0 Å². The molecule has 0 spiro atoms. The fourth-order valence-corrected chi connectivity index (χ4v) is 3.74. The Morgan fingerprint density at radius 3 is 2.62 bits per heavy atom. The van der Waals surface area contributed by atoms with E-state index < -0.39 is 0 Å². The van der Waals surface area contributed by atoms with Crippen LogP contribution in [-0.4, -0.2) is 9.78 Å². The maximum Gasteiger partial charge on any atom is 0.149 e. The number of rotatable bonds is 1. The summed E-state index contributed by atoms with van der Waals surface area (Å²) in [4.78, 5) is 0. The maximum absolute atomic E-state index is 6.13. The second-order valence-corrected chi connectivity index (χ2v) is 6.40. The summed E-state index contributed by atoms with van der Waals surface area (Å²) in [7, 11) is 0. The van der Waals surface area contributed by atoms with Crippen molar-refractivity contribution in [3.05, 3.63) is 52.1 Å². The van der Waals surface area contributed by atoms with E-state index in [1.807, 2.05) is 0 Å². The number of fused-ring (bicyclic) bond motifs is 2. The van der Waals surface area contributed by atoms with Crippen molar-refractivity contribution in [2.45, 2.75) is 25.7 Å². The minimum Gasteiger partial charge on any atom is -0.382 e. The number of benzene rings is 2. The first kappa shape index (κ1) is 12.9. The van der Waals surface area contributed by atoms with Gasteiger partial charge in [0.05, 0.1) is 5.69 Å². The van der Waals surface area contributed by atoms with E-state index in [-0.39, 0.29) is 0 Å². The van der Waals surface area contributed by atoms with Crippen LogP contribution in [0.2, 0.25) is 0 Å². The van der Waals surface area contributed by atoms with Crippen molar-refractivity contribution in [3.8, 4) is 5.69 Å². The van der Waals surface area contributed by atoms with Crippen LogP contribution in [0, 0.1) is 0 Å². The van der Waals surface area contributed by atoms with Crippen molar-refractivity contribution < 1.29 is 0 Å². The van der Waals surface area contributed by atoms with Gasteiger partial charge in [0.1, 0.15) is 5.82 Å². The largest absolute Gasteiger partial charge is 0.382 e. The van der Waals surface area contributed by atoms with E-state index in [2.05, 4.69) is 62.1 Å². The molecule has 0 fully saturated rings. The number of nitrogens with two attached hydrogens (primary N) is 1. The van der Waals surface area contributed by atoms with Crippen LogP contribution < -0.4 is 5.73 Å². The number of nitrogen functional groups attached to an aromatic ring is 1. The van der Waals surface area contributed by atoms with Crippen LogP contribution in [0.3, 0.4) is 0 Å². The summed E-state index contributed by atoms with van der Waals surface area (Å²) in [5.74, 6) is 0.691. The number of nitrogens with zero attached hydrogens (tertiary/aromatic N) is 2. The van der Waals surface area contributed by atoms with Gasteiger partial charge in [-0.15, -0.1) is 0 Å². The molecule has 1 aliphatic carbocycles. The first-order valence-corrected chi connectivity index (χ1v) is 8.09. The molecule has 0 unspecified atom stereocenters. The molecular formula is C17H16BrN3. The lowest BCUT2D eigenvalue weighted by Crippen LogP contribution is -2.08. The van der Waals surface area contributed by atoms with Gasteiger partial charge in [-0.2, -0.15) is 5.10 Å². The van der Waals surface area contributed by atoms with Crippen molar-refractivity contribution >= 4 is 32.5 Å². The summed E-state index contributed by atoms with van der Waals surface area (Å²) in [6.07, 6.45) is 4.54. The molecule has 1 aliphatic rings. The smallest absolute Gasteiger partial charge is 0.149 e. The molecule has 3 aromatic rings. The fourth-order valence-electron chi connectivity index (χ4n) is 3.26. The van der Waals surface area contributed by atoms with Crippen LogP contribution in [0.1, 0.15) is 24.1 Å². The van der Waals surface area contributed by atoms with Crippen molar-refractivity contribution in [1.82, 2.24) is 9.78 Å². The molecule has 2 N–H and O–H groups in total. The van der Waals surface area contributed by atoms with Gasteiger partial charge in [-0.25, -0.2) is 4.68 Å². The average molecular weight is 342 g/mol. The second kappa shape index (κ2) is 4.88. The molecule has 1 heterocycles. The summed E-state index contributed by atoms with van der Waals surface area (Å²) in [6.45, 7) is 0.